The summed E-state index contributed by atoms with van der Waals surface area (Å²) in [5, 5.41) is 5.65. The van der Waals surface area contributed by atoms with E-state index in [1.807, 2.05) is 44.4 Å². The maximum absolute atomic E-state index is 12.3. The molecule has 5 nitrogen and oxygen atoms in total. The Balaban J connectivity index is 1.92. The van der Waals surface area contributed by atoms with Crippen LogP contribution in [-0.4, -0.2) is 39.0 Å². The number of carbonyl (C=O) groups excluding carboxylic acids is 2. The van der Waals surface area contributed by atoms with Gasteiger partial charge < -0.3 is 15.5 Å². The molecule has 6 heteroatoms. The Morgan fingerprint density at radius 2 is 1.68 bits per heavy atom. The zero-order valence-electron chi connectivity index (χ0n) is 14.4. The summed E-state index contributed by atoms with van der Waals surface area (Å²) in [5.41, 5.74) is 1.57. The molecule has 0 unspecified atom stereocenters. The normalized spacial score (nSPS) is 11.8. The van der Waals surface area contributed by atoms with E-state index in [2.05, 4.69) is 26.6 Å². The van der Waals surface area contributed by atoms with Crippen molar-refractivity contribution in [1.82, 2.24) is 10.6 Å². The lowest BCUT2D eigenvalue weighted by molar-refractivity contribution is -0.860. The summed E-state index contributed by atoms with van der Waals surface area (Å²) in [6, 6.07) is 16.7. The molecule has 3 N–H and O–H groups in total. The number of hydrogen-bond donors (Lipinski definition) is 3. The largest absolute Gasteiger partial charge is 0.343 e. The van der Waals surface area contributed by atoms with Crippen molar-refractivity contribution in [3.8, 4) is 0 Å². The SMILES string of the molecule is C[NH+](C)C[C@@H](NC(=O)CNC(=O)c1ccc(Br)cc1)c1ccccc1. The molecule has 132 valence electrons. The molecule has 0 spiro atoms. The van der Waals surface area contributed by atoms with Gasteiger partial charge in [0.05, 0.1) is 20.6 Å². The molecular formula is C19H23BrN3O2+. The maximum Gasteiger partial charge on any atom is 0.251 e. The summed E-state index contributed by atoms with van der Waals surface area (Å²) in [6.07, 6.45) is 0. The minimum absolute atomic E-state index is 0.0546. The van der Waals surface area contributed by atoms with Gasteiger partial charge in [0.1, 0.15) is 12.6 Å². The molecule has 0 heterocycles. The standard InChI is InChI=1S/C19H22BrN3O2/c1-23(2)13-17(14-6-4-3-5-7-14)22-18(24)12-21-19(25)15-8-10-16(20)11-9-15/h3-11,17H,12-13H2,1-2H3,(H,21,25)(H,22,24)/p+1/t17-/m1/s1. The third-order valence-electron chi connectivity index (χ3n) is 3.67. The topological polar surface area (TPSA) is 62.6 Å². The molecule has 0 saturated heterocycles. The first-order valence-electron chi connectivity index (χ1n) is 8.13. The van der Waals surface area contributed by atoms with E-state index in [1.54, 1.807) is 24.3 Å². The molecule has 2 amide bonds. The van der Waals surface area contributed by atoms with Crippen molar-refractivity contribution in [2.45, 2.75) is 6.04 Å². The lowest BCUT2D eigenvalue weighted by atomic mass is 10.1. The summed E-state index contributed by atoms with van der Waals surface area (Å²) < 4.78 is 0.902. The Hall–Kier alpha value is -2.18. The Morgan fingerprint density at radius 3 is 2.28 bits per heavy atom. The number of benzene rings is 2. The van der Waals surface area contributed by atoms with Gasteiger partial charge >= 0.3 is 0 Å². The van der Waals surface area contributed by atoms with Crippen LogP contribution in [0.3, 0.4) is 0 Å². The van der Waals surface area contributed by atoms with Gasteiger partial charge in [0.2, 0.25) is 5.91 Å². The van der Waals surface area contributed by atoms with Crippen LogP contribution >= 0.6 is 15.9 Å². The Bertz CT molecular complexity index is 702. The fraction of sp³-hybridized carbons (Fsp3) is 0.263. The Morgan fingerprint density at radius 1 is 1.04 bits per heavy atom. The quantitative estimate of drug-likeness (QED) is 0.648. The van der Waals surface area contributed by atoms with Crippen LogP contribution < -0.4 is 15.5 Å². The first-order chi connectivity index (χ1) is 12.0. The van der Waals surface area contributed by atoms with Crippen molar-refractivity contribution in [2.75, 3.05) is 27.2 Å². The first kappa shape index (κ1) is 19.1. The second-order valence-corrected chi connectivity index (χ2v) is 7.05. The zero-order valence-corrected chi connectivity index (χ0v) is 16.0. The number of amides is 2. The van der Waals surface area contributed by atoms with Gasteiger partial charge in [0.15, 0.2) is 0 Å². The van der Waals surface area contributed by atoms with Gasteiger partial charge in [-0.05, 0) is 29.8 Å². The molecule has 0 fully saturated rings. The number of halogens is 1. The molecule has 0 saturated carbocycles. The van der Waals surface area contributed by atoms with Crippen LogP contribution in [0.1, 0.15) is 22.0 Å². The second kappa shape index (κ2) is 9.34. The first-order valence-corrected chi connectivity index (χ1v) is 8.92. The van der Waals surface area contributed by atoms with E-state index in [9.17, 15) is 9.59 Å². The lowest BCUT2D eigenvalue weighted by Crippen LogP contribution is -3.06. The molecule has 1 atom stereocenters. The molecule has 2 rings (SSSR count). The van der Waals surface area contributed by atoms with Crippen molar-refractivity contribution < 1.29 is 14.5 Å². The molecule has 25 heavy (non-hydrogen) atoms. The summed E-state index contributed by atoms with van der Waals surface area (Å²) in [4.78, 5) is 25.6. The predicted molar refractivity (Wildman–Crippen MR) is 101 cm³/mol. The smallest absolute Gasteiger partial charge is 0.251 e. The van der Waals surface area contributed by atoms with Gasteiger partial charge in [0.25, 0.3) is 5.91 Å². The zero-order chi connectivity index (χ0) is 18.2. The van der Waals surface area contributed by atoms with Crippen molar-refractivity contribution in [2.24, 2.45) is 0 Å². The minimum atomic E-state index is -0.267. The van der Waals surface area contributed by atoms with Crippen LogP contribution in [0, 0.1) is 0 Å². The van der Waals surface area contributed by atoms with E-state index >= 15 is 0 Å². The summed E-state index contributed by atoms with van der Waals surface area (Å²) in [6.45, 7) is 0.706. The van der Waals surface area contributed by atoms with E-state index in [0.717, 1.165) is 16.6 Å². The van der Waals surface area contributed by atoms with Crippen LogP contribution in [0.2, 0.25) is 0 Å². The van der Waals surface area contributed by atoms with Crippen LogP contribution in [-0.2, 0) is 4.79 Å². The molecule has 0 radical (unpaired) electrons. The van der Waals surface area contributed by atoms with Crippen LogP contribution in [0.15, 0.2) is 59.1 Å². The van der Waals surface area contributed by atoms with Gasteiger partial charge in [-0.15, -0.1) is 0 Å². The highest BCUT2D eigenvalue weighted by Crippen LogP contribution is 2.11. The summed E-state index contributed by atoms with van der Waals surface area (Å²) in [5.74, 6) is -0.474. The lowest BCUT2D eigenvalue weighted by Gasteiger charge is -2.21. The monoisotopic (exact) mass is 404 g/mol. The van der Waals surface area contributed by atoms with E-state index in [1.165, 1.54) is 4.90 Å². The number of carbonyl (C=O) groups is 2. The fourth-order valence-corrected chi connectivity index (χ4v) is 2.72. The number of nitrogens with one attached hydrogen (secondary N) is 3. The third-order valence-corrected chi connectivity index (χ3v) is 4.19. The van der Waals surface area contributed by atoms with Crippen molar-refractivity contribution in [1.29, 1.82) is 0 Å². The number of quaternary nitrogens is 1. The Kier molecular flexibility index (Phi) is 7.16. The van der Waals surface area contributed by atoms with E-state index in [4.69, 9.17) is 0 Å². The van der Waals surface area contributed by atoms with E-state index in [0.29, 0.717) is 5.56 Å². The second-order valence-electron chi connectivity index (χ2n) is 6.13. The van der Waals surface area contributed by atoms with E-state index < -0.39 is 0 Å². The summed E-state index contributed by atoms with van der Waals surface area (Å²) in [7, 11) is 4.08. The predicted octanol–water partition coefficient (Wildman–Crippen LogP) is 1.18. The van der Waals surface area contributed by atoms with Gasteiger partial charge in [0, 0.05) is 10.0 Å². The highest BCUT2D eigenvalue weighted by atomic mass is 79.9. The van der Waals surface area contributed by atoms with E-state index in [-0.39, 0.29) is 24.4 Å². The van der Waals surface area contributed by atoms with Crippen molar-refractivity contribution >= 4 is 27.7 Å². The maximum atomic E-state index is 12.3. The molecule has 0 aromatic heterocycles. The van der Waals surface area contributed by atoms with Crippen molar-refractivity contribution in [3.63, 3.8) is 0 Å². The molecule has 2 aromatic carbocycles. The molecular weight excluding hydrogens is 382 g/mol. The summed E-state index contributed by atoms with van der Waals surface area (Å²) >= 11 is 3.33. The van der Waals surface area contributed by atoms with Gasteiger partial charge in [-0.1, -0.05) is 46.3 Å². The van der Waals surface area contributed by atoms with Crippen LogP contribution in [0.25, 0.3) is 0 Å². The average molecular weight is 405 g/mol. The third kappa shape index (κ3) is 6.32. The molecule has 0 aliphatic heterocycles. The molecule has 0 aliphatic carbocycles. The Labute approximate surface area is 156 Å². The van der Waals surface area contributed by atoms with Crippen LogP contribution in [0.4, 0.5) is 0 Å². The van der Waals surface area contributed by atoms with Crippen molar-refractivity contribution in [3.05, 3.63) is 70.2 Å². The highest BCUT2D eigenvalue weighted by Gasteiger charge is 2.18. The number of likely N-dealkylation sites (N-methyl/N-ethyl adjacent to an activating group) is 1. The van der Waals surface area contributed by atoms with Gasteiger partial charge in [-0.2, -0.15) is 0 Å². The van der Waals surface area contributed by atoms with Gasteiger partial charge in [-0.25, -0.2) is 0 Å². The van der Waals surface area contributed by atoms with Gasteiger partial charge in [-0.3, -0.25) is 9.59 Å². The fourth-order valence-electron chi connectivity index (χ4n) is 2.46. The number of hydrogen-bond acceptors (Lipinski definition) is 2. The molecule has 0 aliphatic rings. The minimum Gasteiger partial charge on any atom is -0.343 e. The van der Waals surface area contributed by atoms with Crippen LogP contribution in [0.5, 0.6) is 0 Å². The molecule has 2 aromatic rings. The highest BCUT2D eigenvalue weighted by molar-refractivity contribution is 9.10. The number of rotatable bonds is 7. The molecule has 0 bridgehead atoms. The average Bonchev–Trinajstić information content (AvgIpc) is 2.60.